The first-order chi connectivity index (χ1) is 18.5. The number of rotatable bonds is 5. The second kappa shape index (κ2) is 9.68. The van der Waals surface area contributed by atoms with E-state index in [1.165, 1.54) is 0 Å². The lowest BCUT2D eigenvalue weighted by Gasteiger charge is -2.66. The van der Waals surface area contributed by atoms with E-state index < -0.39 is 16.4 Å². The molecule has 0 saturated heterocycles. The Labute approximate surface area is 241 Å². The summed E-state index contributed by atoms with van der Waals surface area (Å²) in [5.41, 5.74) is -0.555. The maximum Gasteiger partial charge on any atom is 0.182 e. The van der Waals surface area contributed by atoms with Gasteiger partial charge in [-0.15, -0.1) is 0 Å². The van der Waals surface area contributed by atoms with E-state index in [-0.39, 0.29) is 45.2 Å². The summed E-state index contributed by atoms with van der Waals surface area (Å²) in [6, 6.07) is 2.18. The number of aliphatic imine (C=N–C) groups is 1. The third kappa shape index (κ3) is 4.38. The van der Waals surface area contributed by atoms with Crippen molar-refractivity contribution >= 4 is 17.4 Å². The summed E-state index contributed by atoms with van der Waals surface area (Å²) in [5, 5.41) is 21.8. The molecule has 2 saturated carbocycles. The predicted molar refractivity (Wildman–Crippen MR) is 158 cm³/mol. The summed E-state index contributed by atoms with van der Waals surface area (Å²) >= 11 is 0. The zero-order chi connectivity index (χ0) is 29.9. The van der Waals surface area contributed by atoms with Gasteiger partial charge in [0.15, 0.2) is 17.8 Å². The van der Waals surface area contributed by atoms with E-state index >= 15 is 0 Å². The molecule has 2 fully saturated rings. The van der Waals surface area contributed by atoms with Crippen LogP contribution in [-0.2, 0) is 9.59 Å². The van der Waals surface area contributed by atoms with Crippen molar-refractivity contribution in [3.63, 3.8) is 0 Å². The Morgan fingerprint density at radius 1 is 1.12 bits per heavy atom. The zero-order valence-corrected chi connectivity index (χ0v) is 26.1. The summed E-state index contributed by atoms with van der Waals surface area (Å²) in [7, 11) is 0. The van der Waals surface area contributed by atoms with Gasteiger partial charge in [0.2, 0.25) is 0 Å². The molecule has 6 heteroatoms. The van der Waals surface area contributed by atoms with E-state index in [0.29, 0.717) is 12.3 Å². The number of ketones is 2. The van der Waals surface area contributed by atoms with E-state index in [1.807, 2.05) is 39.1 Å². The minimum absolute atomic E-state index is 0.0418. The quantitative estimate of drug-likeness (QED) is 0.170. The molecule has 0 amide bonds. The smallest absolute Gasteiger partial charge is 0.182 e. The highest BCUT2D eigenvalue weighted by molar-refractivity contribution is 6.04. The van der Waals surface area contributed by atoms with E-state index in [1.54, 1.807) is 0 Å². The molecule has 4 rings (SSSR count). The molecule has 0 spiro atoms. The van der Waals surface area contributed by atoms with Gasteiger partial charge in [0.1, 0.15) is 11.9 Å². The van der Waals surface area contributed by atoms with Crippen LogP contribution in [0.4, 0.5) is 0 Å². The maximum absolute atomic E-state index is 14.2. The molecule has 216 valence electrons. The Kier molecular flexibility index (Phi) is 7.32. The lowest BCUT2D eigenvalue weighted by Crippen LogP contribution is -2.62. The van der Waals surface area contributed by atoms with Crippen molar-refractivity contribution in [3.05, 3.63) is 23.3 Å². The average molecular weight is 545 g/mol. The van der Waals surface area contributed by atoms with Crippen LogP contribution in [-0.4, -0.2) is 22.9 Å². The molecule has 6 nitrogen and oxygen atoms in total. The molecule has 4 aliphatic carbocycles. The van der Waals surface area contributed by atoms with Gasteiger partial charge in [0.05, 0.1) is 11.1 Å². The molecule has 0 aliphatic heterocycles. The third-order valence-corrected chi connectivity index (χ3v) is 12.3. The molecular formula is C34H48N4O2. The van der Waals surface area contributed by atoms with Gasteiger partial charge in [-0.1, -0.05) is 73.5 Å². The number of carbonyl (C=O) groups is 2. The zero-order valence-electron chi connectivity index (χ0n) is 26.1. The first-order valence-electron chi connectivity index (χ1n) is 15.1. The predicted octanol–water partition coefficient (Wildman–Crippen LogP) is 7.23. The number of allylic oxidation sites excluding steroid dienone is 4. The first kappa shape index (κ1) is 30.2. The van der Waals surface area contributed by atoms with Crippen molar-refractivity contribution in [3.8, 4) is 12.3 Å². The molecule has 6 atom stereocenters. The lowest BCUT2D eigenvalue weighted by atomic mass is 9.37. The number of nitriles is 2. The highest BCUT2D eigenvalue weighted by Gasteiger charge is 2.67. The molecule has 0 aromatic heterocycles. The number of carbonyl (C=O) groups excluding carboxylic acids is 2. The number of Topliss-reactive ketones (excluding diaryl/α,β-unsaturated/α-hetero) is 1. The Bertz CT molecular complexity index is 1290. The van der Waals surface area contributed by atoms with Crippen molar-refractivity contribution in [1.29, 1.82) is 10.5 Å². The Morgan fingerprint density at radius 2 is 1.80 bits per heavy atom. The molecule has 40 heavy (non-hydrogen) atoms. The van der Waals surface area contributed by atoms with Crippen molar-refractivity contribution < 1.29 is 9.59 Å². The number of fused-ring (bicyclic) bond motifs is 5. The van der Waals surface area contributed by atoms with Crippen LogP contribution in [0.2, 0.25) is 0 Å². The largest absolute Gasteiger partial charge is 0.295 e. The molecule has 0 unspecified atom stereocenters. The first-order valence-corrected chi connectivity index (χ1v) is 15.1. The average Bonchev–Trinajstić information content (AvgIpc) is 2.88. The molecule has 4 aliphatic rings. The standard InChI is InChI=1S/C34H48N4O2/c1-10-29(3,4)13-15-34(38-22(2)37-21-36)16-14-32(8)24(19-34)25(39)17-27-31(7)18-23(20-35)28(40)30(5,6)26(31)11-12-33(27,32)9/h17-18,24,26H,10-16,19H2,1-9H3,(H,37,38)/t24-,26-,31-,32+,33+,34-/m0/s1. The normalized spacial score (nSPS) is 39.0. The van der Waals surface area contributed by atoms with Gasteiger partial charge < -0.3 is 0 Å². The monoisotopic (exact) mass is 544 g/mol. The Hall–Kier alpha value is -2.73. The molecule has 0 bridgehead atoms. The van der Waals surface area contributed by atoms with Gasteiger partial charge in [-0.2, -0.15) is 10.5 Å². The highest BCUT2D eigenvalue weighted by Crippen LogP contribution is 2.71. The molecule has 0 heterocycles. The summed E-state index contributed by atoms with van der Waals surface area (Å²) in [5.74, 6) is 0.557. The van der Waals surface area contributed by atoms with Gasteiger partial charge in [-0.25, -0.2) is 0 Å². The van der Waals surface area contributed by atoms with Crippen molar-refractivity contribution in [2.24, 2.45) is 43.9 Å². The van der Waals surface area contributed by atoms with Crippen LogP contribution in [0.15, 0.2) is 28.3 Å². The second-order valence-corrected chi connectivity index (χ2v) is 15.2. The summed E-state index contributed by atoms with van der Waals surface area (Å²) in [6.07, 6.45) is 13.0. The molecule has 0 aromatic rings. The van der Waals surface area contributed by atoms with E-state index in [4.69, 9.17) is 4.99 Å². The molecular weight excluding hydrogens is 496 g/mol. The Balaban J connectivity index is 1.81. The van der Waals surface area contributed by atoms with Crippen molar-refractivity contribution in [2.45, 2.75) is 119 Å². The SMILES string of the molecule is CCC(C)(C)CC[C@]1(N=C(C)NC#N)CC[C@]2(C)[C@@H](C1)C(=O)C=C1[C@@]3(C)C=C(C#N)C(=O)C(C)(C)[C@@H]3CC[C@]12C. The maximum atomic E-state index is 14.2. The fourth-order valence-corrected chi connectivity index (χ4v) is 9.09. The molecule has 1 N–H and O–H groups in total. The van der Waals surface area contributed by atoms with Gasteiger partial charge in [0, 0.05) is 16.7 Å². The fraction of sp³-hybridized carbons (Fsp3) is 0.735. The van der Waals surface area contributed by atoms with Gasteiger partial charge in [0.25, 0.3) is 0 Å². The lowest BCUT2D eigenvalue weighted by molar-refractivity contribution is -0.143. The summed E-state index contributed by atoms with van der Waals surface area (Å²) in [6.45, 7) is 19.4. The van der Waals surface area contributed by atoms with Crippen molar-refractivity contribution in [1.82, 2.24) is 5.32 Å². The number of nitrogens with zero attached hydrogens (tertiary/aromatic N) is 3. The topological polar surface area (TPSA) is 106 Å². The van der Waals surface area contributed by atoms with E-state index in [9.17, 15) is 20.1 Å². The van der Waals surface area contributed by atoms with Gasteiger partial charge >= 0.3 is 0 Å². The fourth-order valence-electron chi connectivity index (χ4n) is 9.09. The third-order valence-electron chi connectivity index (χ3n) is 12.3. The van der Waals surface area contributed by atoms with Crippen LogP contribution in [0.3, 0.4) is 0 Å². The van der Waals surface area contributed by atoms with Gasteiger partial charge in [-0.05, 0) is 80.1 Å². The van der Waals surface area contributed by atoms with Crippen LogP contribution in [0.25, 0.3) is 0 Å². The van der Waals surface area contributed by atoms with Crippen LogP contribution < -0.4 is 5.32 Å². The van der Waals surface area contributed by atoms with Crippen LogP contribution in [0.1, 0.15) is 114 Å². The number of hydrogen-bond acceptors (Lipinski definition) is 5. The highest BCUT2D eigenvalue weighted by atomic mass is 16.1. The number of amidine groups is 1. The molecule has 0 radical (unpaired) electrons. The summed E-state index contributed by atoms with van der Waals surface area (Å²) < 4.78 is 0. The Morgan fingerprint density at radius 3 is 2.40 bits per heavy atom. The van der Waals surface area contributed by atoms with Crippen LogP contribution in [0, 0.1) is 61.7 Å². The van der Waals surface area contributed by atoms with E-state index in [2.05, 4.69) is 52.9 Å². The van der Waals surface area contributed by atoms with Crippen LogP contribution >= 0.6 is 0 Å². The minimum Gasteiger partial charge on any atom is -0.295 e. The number of nitrogens with one attached hydrogen (secondary N) is 1. The van der Waals surface area contributed by atoms with Gasteiger partial charge in [-0.3, -0.25) is 19.9 Å². The van der Waals surface area contributed by atoms with E-state index in [0.717, 1.165) is 50.5 Å². The second-order valence-electron chi connectivity index (χ2n) is 15.2. The van der Waals surface area contributed by atoms with Crippen LogP contribution in [0.5, 0.6) is 0 Å². The molecule has 0 aromatic carbocycles. The minimum atomic E-state index is -0.661. The van der Waals surface area contributed by atoms with Crippen molar-refractivity contribution in [2.75, 3.05) is 0 Å². The number of hydrogen-bond donors (Lipinski definition) is 1. The summed E-state index contributed by atoms with van der Waals surface area (Å²) in [4.78, 5) is 32.6.